The summed E-state index contributed by atoms with van der Waals surface area (Å²) in [5.41, 5.74) is 8.52. The van der Waals surface area contributed by atoms with Gasteiger partial charge in [0, 0.05) is 49.8 Å². The number of likely N-dealkylation sites (tertiary alicyclic amines) is 2. The van der Waals surface area contributed by atoms with Gasteiger partial charge in [-0.05, 0) is 104 Å². The van der Waals surface area contributed by atoms with E-state index in [1.54, 1.807) is 7.11 Å². The Kier molecular flexibility index (Phi) is 10.2. The van der Waals surface area contributed by atoms with Crippen LogP contribution in [0.4, 0.5) is 0 Å². The number of hydrogen-bond donors (Lipinski definition) is 2. The number of hydrogen-bond acceptors (Lipinski definition) is 12. The molecule has 17 heteroatoms. The maximum Gasteiger partial charge on any atom is 0.237 e. The van der Waals surface area contributed by atoms with Crippen LogP contribution in [-0.2, 0) is 39.0 Å². The Bertz CT molecular complexity index is 2940. The van der Waals surface area contributed by atoms with E-state index in [2.05, 4.69) is 38.0 Å². The van der Waals surface area contributed by atoms with E-state index >= 15 is 0 Å². The van der Waals surface area contributed by atoms with Gasteiger partial charge in [-0.2, -0.15) is 10.2 Å². The third-order valence-corrected chi connectivity index (χ3v) is 16.6. The lowest BCUT2D eigenvalue weighted by atomic mass is 9.88. The number of fused-ring (bicyclic) bond motifs is 3. The van der Waals surface area contributed by atoms with Gasteiger partial charge in [-0.3, -0.25) is 24.1 Å². The second kappa shape index (κ2) is 15.7. The van der Waals surface area contributed by atoms with E-state index in [4.69, 9.17) is 47.1 Å². The minimum atomic E-state index is -3.62. The van der Waals surface area contributed by atoms with E-state index in [9.17, 15) is 23.3 Å². The fourth-order valence-corrected chi connectivity index (χ4v) is 12.7. The van der Waals surface area contributed by atoms with Gasteiger partial charge in [0.1, 0.15) is 28.3 Å². The molecule has 11 rings (SSSR count). The molecule has 330 valence electrons. The molecule has 3 aromatic carbocycles. The molecule has 1 spiro atoms. The summed E-state index contributed by atoms with van der Waals surface area (Å²) in [4.78, 5) is 38.9. The molecule has 14 nitrogen and oxygen atoms in total. The standard InChI is InChI=1S/C47H45Cl2N7O7S/c1-61-44-26(21-55-23-47(24-55)16-14-40(57)53-47)18-36(48)46(52-44)62-39-13-11-29-28(4-2-5-31(29)39)32-6-3-7-33(41(32)49)45-51-37-19-34-30(35(20-50)42(37)63-45)10-12-38(34)56-17-15-25(22-56)43(58)54-64(59,60)27-8-9-27/h2-7,18-19,25,27,38-39H,8-17,21-24H2,1H3,(H,53,57)(H,54,58)/t25-,38-,39+/m1/s1. The fraction of sp³-hybridized carbons (Fsp3) is 0.426. The van der Waals surface area contributed by atoms with Crippen LogP contribution in [0.2, 0.25) is 10.0 Å². The van der Waals surface area contributed by atoms with E-state index in [0.29, 0.717) is 108 Å². The molecule has 4 fully saturated rings. The van der Waals surface area contributed by atoms with Crippen molar-refractivity contribution in [3.05, 3.63) is 92.0 Å². The lowest BCUT2D eigenvalue weighted by Crippen LogP contribution is -2.66. The largest absolute Gasteiger partial charge is 0.481 e. The molecule has 5 aromatic rings. The van der Waals surface area contributed by atoms with Gasteiger partial charge in [0.25, 0.3) is 0 Å². The van der Waals surface area contributed by atoms with Gasteiger partial charge >= 0.3 is 0 Å². The van der Waals surface area contributed by atoms with Crippen LogP contribution in [0.15, 0.2) is 52.9 Å². The maximum atomic E-state index is 13.0. The van der Waals surface area contributed by atoms with Crippen LogP contribution in [0.25, 0.3) is 33.7 Å². The molecule has 1 saturated carbocycles. The first kappa shape index (κ1) is 41.5. The molecule has 3 saturated heterocycles. The predicted octanol–water partition coefficient (Wildman–Crippen LogP) is 7.19. The number of methoxy groups -OCH3 is 1. The average molecular weight is 923 g/mol. The molecule has 3 atom stereocenters. The van der Waals surface area contributed by atoms with Crippen molar-refractivity contribution in [2.24, 2.45) is 5.92 Å². The highest BCUT2D eigenvalue weighted by molar-refractivity contribution is 7.90. The van der Waals surface area contributed by atoms with E-state index < -0.39 is 27.1 Å². The van der Waals surface area contributed by atoms with Gasteiger partial charge in [0.15, 0.2) is 5.58 Å². The molecular formula is C47H45Cl2N7O7S. The summed E-state index contributed by atoms with van der Waals surface area (Å²) in [6, 6.07) is 18.1. The second-order valence-corrected chi connectivity index (χ2v) is 20.9. The number of nitrogens with zero attached hydrogens (tertiary/aromatic N) is 5. The van der Waals surface area contributed by atoms with Crippen molar-refractivity contribution < 1.29 is 31.9 Å². The Morgan fingerprint density at radius 1 is 0.984 bits per heavy atom. The van der Waals surface area contributed by atoms with Gasteiger partial charge in [-0.15, -0.1) is 0 Å². The van der Waals surface area contributed by atoms with E-state index in [1.165, 1.54) is 0 Å². The van der Waals surface area contributed by atoms with Crippen molar-refractivity contribution in [1.29, 1.82) is 5.26 Å². The van der Waals surface area contributed by atoms with E-state index in [0.717, 1.165) is 71.3 Å². The van der Waals surface area contributed by atoms with Gasteiger partial charge in [0.05, 0.1) is 34.4 Å². The molecule has 3 aliphatic heterocycles. The first-order valence-corrected chi connectivity index (χ1v) is 24.2. The number of aromatic nitrogens is 2. The Morgan fingerprint density at radius 2 is 1.77 bits per heavy atom. The monoisotopic (exact) mass is 921 g/mol. The number of pyridine rings is 1. The van der Waals surface area contributed by atoms with Crippen molar-refractivity contribution >= 4 is 56.1 Å². The molecule has 2 N–H and O–H groups in total. The minimum Gasteiger partial charge on any atom is -0.481 e. The lowest BCUT2D eigenvalue weighted by molar-refractivity contribution is -0.123. The second-order valence-electron chi connectivity index (χ2n) is 18.1. The van der Waals surface area contributed by atoms with Crippen molar-refractivity contribution in [2.45, 2.75) is 87.3 Å². The number of nitrogens with one attached hydrogen (secondary N) is 2. The Labute approximate surface area is 380 Å². The van der Waals surface area contributed by atoms with Crippen LogP contribution in [0.3, 0.4) is 0 Å². The summed E-state index contributed by atoms with van der Waals surface area (Å²) >= 11 is 14.1. The Morgan fingerprint density at radius 3 is 2.53 bits per heavy atom. The van der Waals surface area contributed by atoms with Gasteiger partial charge in [-0.25, -0.2) is 13.4 Å². The number of ether oxygens (including phenoxy) is 2. The lowest BCUT2D eigenvalue weighted by Gasteiger charge is -2.48. The number of carbonyl (C=O) groups is 2. The van der Waals surface area contributed by atoms with Crippen LogP contribution in [0, 0.1) is 17.2 Å². The summed E-state index contributed by atoms with van der Waals surface area (Å²) in [6.07, 6.45) is 5.74. The fourth-order valence-electron chi connectivity index (χ4n) is 10.8. The maximum absolute atomic E-state index is 13.0. The SMILES string of the molecule is COc1nc(O[C@H]2CCc3c(-c4cccc(-c5nc6cc7c(c(C#N)c6o5)CC[C@H]7N5CC[C@@H](C(=O)NS(=O)(=O)C6CC6)C5)c4Cl)cccc32)c(Cl)cc1CN1CC2(CCC(=O)N2)C1. The van der Waals surface area contributed by atoms with Crippen molar-refractivity contribution in [2.75, 3.05) is 33.3 Å². The summed E-state index contributed by atoms with van der Waals surface area (Å²) in [5.74, 6) is 0.302. The molecule has 0 unspecified atom stereocenters. The minimum absolute atomic E-state index is 0.0372. The molecule has 3 aliphatic carbocycles. The van der Waals surface area contributed by atoms with Gasteiger partial charge < -0.3 is 19.2 Å². The molecule has 0 radical (unpaired) electrons. The summed E-state index contributed by atoms with van der Waals surface area (Å²) < 4.78 is 45.9. The van der Waals surface area contributed by atoms with Crippen LogP contribution < -0.4 is 19.5 Å². The number of nitriles is 1. The predicted molar refractivity (Wildman–Crippen MR) is 238 cm³/mol. The number of halogens is 2. The average Bonchev–Trinajstić information content (AvgIpc) is 3.67. The van der Waals surface area contributed by atoms with Crippen molar-refractivity contribution in [3.8, 4) is 40.4 Å². The summed E-state index contributed by atoms with van der Waals surface area (Å²) in [5, 5.41) is 14.0. The highest BCUT2D eigenvalue weighted by Crippen LogP contribution is 2.47. The van der Waals surface area contributed by atoms with Crippen LogP contribution in [-0.4, -0.2) is 84.1 Å². The van der Waals surface area contributed by atoms with E-state index in [-0.39, 0.29) is 23.6 Å². The zero-order chi connectivity index (χ0) is 44.1. The highest BCUT2D eigenvalue weighted by Gasteiger charge is 2.48. The molecular weight excluding hydrogens is 878 g/mol. The van der Waals surface area contributed by atoms with Gasteiger partial charge in [-0.1, -0.05) is 53.5 Å². The number of benzene rings is 3. The third-order valence-electron chi connectivity index (χ3n) is 14.0. The first-order chi connectivity index (χ1) is 30.9. The number of carbonyl (C=O) groups excluding carboxylic acids is 2. The molecule has 64 heavy (non-hydrogen) atoms. The molecule has 2 aromatic heterocycles. The van der Waals surface area contributed by atoms with Gasteiger partial charge in [0.2, 0.25) is 39.5 Å². The molecule has 2 amide bonds. The summed E-state index contributed by atoms with van der Waals surface area (Å²) in [6.45, 7) is 3.22. The van der Waals surface area contributed by atoms with Crippen LogP contribution in [0.5, 0.6) is 11.8 Å². The number of amides is 2. The number of rotatable bonds is 11. The Balaban J connectivity index is 0.824. The number of sulfonamides is 1. The molecule has 0 bridgehead atoms. The zero-order valence-corrected chi connectivity index (χ0v) is 37.4. The summed E-state index contributed by atoms with van der Waals surface area (Å²) in [7, 11) is -2.03. The Hall–Kier alpha value is -5.24. The van der Waals surface area contributed by atoms with Crippen LogP contribution in [0.1, 0.15) is 90.5 Å². The number of oxazole rings is 1. The third kappa shape index (κ3) is 7.18. The van der Waals surface area contributed by atoms with Crippen molar-refractivity contribution in [3.63, 3.8) is 0 Å². The normalized spacial score (nSPS) is 22.6. The molecule has 6 aliphatic rings. The smallest absolute Gasteiger partial charge is 0.237 e. The highest BCUT2D eigenvalue weighted by atomic mass is 35.5. The quantitative estimate of drug-likeness (QED) is 0.136. The topological polar surface area (TPSA) is 180 Å². The zero-order valence-electron chi connectivity index (χ0n) is 35.1. The van der Waals surface area contributed by atoms with E-state index in [1.807, 2.05) is 36.4 Å². The first-order valence-electron chi connectivity index (χ1n) is 21.9. The van der Waals surface area contributed by atoms with Crippen molar-refractivity contribution in [1.82, 2.24) is 29.8 Å². The molecule has 5 heterocycles. The van der Waals surface area contributed by atoms with Crippen LogP contribution >= 0.6 is 23.2 Å².